The van der Waals surface area contributed by atoms with Crippen molar-refractivity contribution in [1.29, 1.82) is 0 Å². The van der Waals surface area contributed by atoms with Crippen LogP contribution in [0.3, 0.4) is 0 Å². The number of rotatable bonds is 8. The number of benzene rings is 2. The molecule has 0 radical (unpaired) electrons. The van der Waals surface area contributed by atoms with Crippen molar-refractivity contribution in [3.05, 3.63) is 76.1 Å². The first-order chi connectivity index (χ1) is 16.4. The molecule has 34 heavy (non-hydrogen) atoms. The van der Waals surface area contributed by atoms with Crippen LogP contribution in [0.1, 0.15) is 41.9 Å². The van der Waals surface area contributed by atoms with Gasteiger partial charge in [-0.15, -0.1) is 10.2 Å². The van der Waals surface area contributed by atoms with Crippen LogP contribution >= 0.6 is 11.8 Å². The summed E-state index contributed by atoms with van der Waals surface area (Å²) in [5.41, 5.74) is 1.03. The molecule has 1 amide bonds. The number of methoxy groups -OCH3 is 1. The van der Waals surface area contributed by atoms with Gasteiger partial charge in [-0.2, -0.15) is 0 Å². The normalized spacial score (nSPS) is 12.1. The zero-order valence-corrected chi connectivity index (χ0v) is 20.2. The van der Waals surface area contributed by atoms with Gasteiger partial charge >= 0.3 is 0 Å². The summed E-state index contributed by atoms with van der Waals surface area (Å²) in [7, 11) is 3.45. The predicted octanol–water partition coefficient (Wildman–Crippen LogP) is 3.48. The molecule has 0 aliphatic carbocycles. The maximum atomic E-state index is 12.8. The second-order valence-electron chi connectivity index (χ2n) is 8.14. The number of hydrogen-bond acceptors (Lipinski definition) is 7. The molecule has 2 aromatic carbocycles. The van der Waals surface area contributed by atoms with Crippen LogP contribution in [0.2, 0.25) is 0 Å². The second-order valence-corrected chi connectivity index (χ2v) is 9.08. The van der Waals surface area contributed by atoms with E-state index in [9.17, 15) is 9.59 Å². The van der Waals surface area contributed by atoms with Gasteiger partial charge in [0.2, 0.25) is 0 Å². The second kappa shape index (κ2) is 10.1. The van der Waals surface area contributed by atoms with Gasteiger partial charge < -0.3 is 19.6 Å². The van der Waals surface area contributed by atoms with Crippen molar-refractivity contribution in [3.63, 3.8) is 0 Å². The molecule has 1 unspecified atom stereocenters. The number of amides is 1. The molecule has 2 N–H and O–H groups in total. The van der Waals surface area contributed by atoms with E-state index in [1.807, 2.05) is 43.7 Å². The first-order valence-corrected chi connectivity index (χ1v) is 11.8. The van der Waals surface area contributed by atoms with Crippen LogP contribution in [0, 0.1) is 5.92 Å². The standard InChI is InChI=1S/C24H26N6O3S/c1-14(2)20(27-22(31)15-9-11-16(33-4)12-10-15)21-28-29-24(30(21)3)34-13-19-25-18-8-6-5-7-17(18)23(32)26-19/h5-12,14,20H,13H2,1-4H3,(H,27,31)(H,25,26,32). The topological polar surface area (TPSA) is 115 Å². The SMILES string of the molecule is COc1ccc(C(=O)NC(c2nnc(SCc3nc4ccccc4c(=O)[nH]3)n2C)C(C)C)cc1. The molecule has 0 bridgehead atoms. The van der Waals surface area contributed by atoms with Gasteiger partial charge in [-0.25, -0.2) is 4.98 Å². The molecule has 2 heterocycles. The Labute approximate surface area is 201 Å². The Bertz CT molecular complexity index is 1360. The first-order valence-electron chi connectivity index (χ1n) is 10.8. The summed E-state index contributed by atoms with van der Waals surface area (Å²) in [5.74, 6) is 2.22. The third-order valence-electron chi connectivity index (χ3n) is 5.45. The molecular formula is C24H26N6O3S. The Morgan fingerprint density at radius 2 is 1.88 bits per heavy atom. The van der Waals surface area contributed by atoms with E-state index in [4.69, 9.17) is 4.74 Å². The van der Waals surface area contributed by atoms with Crippen molar-refractivity contribution in [2.24, 2.45) is 13.0 Å². The number of carbonyl (C=O) groups excluding carboxylic acids is 1. The van der Waals surface area contributed by atoms with E-state index in [1.54, 1.807) is 37.4 Å². The molecular weight excluding hydrogens is 452 g/mol. The number of aromatic nitrogens is 5. The van der Waals surface area contributed by atoms with Gasteiger partial charge in [-0.1, -0.05) is 37.7 Å². The van der Waals surface area contributed by atoms with Crippen LogP contribution in [0.5, 0.6) is 5.75 Å². The fourth-order valence-electron chi connectivity index (χ4n) is 3.56. The Morgan fingerprint density at radius 3 is 2.59 bits per heavy atom. The summed E-state index contributed by atoms with van der Waals surface area (Å²) in [4.78, 5) is 32.5. The summed E-state index contributed by atoms with van der Waals surface area (Å²) in [6.07, 6.45) is 0. The molecule has 4 aromatic rings. The minimum atomic E-state index is -0.333. The van der Waals surface area contributed by atoms with Gasteiger partial charge in [0, 0.05) is 12.6 Å². The molecule has 0 saturated heterocycles. The van der Waals surface area contributed by atoms with Gasteiger partial charge in [-0.3, -0.25) is 9.59 Å². The number of fused-ring (bicyclic) bond motifs is 1. The zero-order valence-electron chi connectivity index (χ0n) is 19.4. The Kier molecular flexibility index (Phi) is 6.97. The van der Waals surface area contributed by atoms with E-state index >= 15 is 0 Å². The number of hydrogen-bond donors (Lipinski definition) is 2. The van der Waals surface area contributed by atoms with Gasteiger partial charge in [-0.05, 0) is 42.3 Å². The fourth-order valence-corrected chi connectivity index (χ4v) is 4.34. The van der Waals surface area contributed by atoms with Crippen molar-refractivity contribution in [1.82, 2.24) is 30.0 Å². The summed E-state index contributed by atoms with van der Waals surface area (Å²) >= 11 is 1.42. The summed E-state index contributed by atoms with van der Waals surface area (Å²) in [6.45, 7) is 4.04. The first kappa shape index (κ1) is 23.5. The summed E-state index contributed by atoms with van der Waals surface area (Å²) < 4.78 is 7.02. The van der Waals surface area contributed by atoms with Crippen molar-refractivity contribution in [3.8, 4) is 5.75 Å². The molecule has 1 atom stereocenters. The molecule has 10 heteroatoms. The highest BCUT2D eigenvalue weighted by molar-refractivity contribution is 7.98. The van der Waals surface area contributed by atoms with Crippen LogP contribution in [0.15, 0.2) is 58.5 Å². The summed E-state index contributed by atoms with van der Waals surface area (Å²) in [5, 5.41) is 13.0. The molecule has 0 fully saturated rings. The van der Waals surface area contributed by atoms with Crippen LogP contribution in [-0.2, 0) is 12.8 Å². The van der Waals surface area contributed by atoms with E-state index in [0.29, 0.717) is 44.8 Å². The quantitative estimate of drug-likeness (QED) is 0.373. The smallest absolute Gasteiger partial charge is 0.258 e. The molecule has 2 aromatic heterocycles. The third kappa shape index (κ3) is 4.96. The number of para-hydroxylation sites is 1. The van der Waals surface area contributed by atoms with Gasteiger partial charge in [0.1, 0.15) is 11.6 Å². The van der Waals surface area contributed by atoms with Crippen LogP contribution in [0.25, 0.3) is 10.9 Å². The number of carbonyl (C=O) groups is 1. The molecule has 0 aliphatic rings. The van der Waals surface area contributed by atoms with Gasteiger partial charge in [0.25, 0.3) is 11.5 Å². The minimum absolute atomic E-state index is 0.0847. The number of aromatic amines is 1. The fraction of sp³-hybridized carbons (Fsp3) is 0.292. The Hall–Kier alpha value is -3.66. The molecule has 9 nitrogen and oxygen atoms in total. The molecule has 0 aliphatic heterocycles. The van der Waals surface area contributed by atoms with E-state index in [-0.39, 0.29) is 23.4 Å². The number of ether oxygens (including phenoxy) is 1. The lowest BCUT2D eigenvalue weighted by molar-refractivity contribution is 0.0922. The largest absolute Gasteiger partial charge is 0.497 e. The lowest BCUT2D eigenvalue weighted by atomic mass is 10.0. The highest BCUT2D eigenvalue weighted by atomic mass is 32.2. The van der Waals surface area contributed by atoms with Crippen molar-refractivity contribution >= 4 is 28.6 Å². The van der Waals surface area contributed by atoms with Crippen LogP contribution in [0.4, 0.5) is 0 Å². The average molecular weight is 479 g/mol. The van der Waals surface area contributed by atoms with E-state index in [0.717, 1.165) is 0 Å². The third-order valence-corrected chi connectivity index (χ3v) is 6.48. The van der Waals surface area contributed by atoms with Gasteiger partial charge in [0.15, 0.2) is 11.0 Å². The number of thioether (sulfide) groups is 1. The lowest BCUT2D eigenvalue weighted by Crippen LogP contribution is -2.33. The highest BCUT2D eigenvalue weighted by Gasteiger charge is 2.25. The maximum Gasteiger partial charge on any atom is 0.258 e. The Morgan fingerprint density at radius 1 is 1.15 bits per heavy atom. The van der Waals surface area contributed by atoms with Gasteiger partial charge in [0.05, 0.1) is 29.8 Å². The molecule has 0 spiro atoms. The molecule has 176 valence electrons. The van der Waals surface area contributed by atoms with Crippen molar-refractivity contribution < 1.29 is 9.53 Å². The van der Waals surface area contributed by atoms with Crippen molar-refractivity contribution in [2.75, 3.05) is 7.11 Å². The van der Waals surface area contributed by atoms with E-state index in [1.165, 1.54) is 11.8 Å². The average Bonchev–Trinajstić information content (AvgIpc) is 3.20. The van der Waals surface area contributed by atoms with Crippen molar-refractivity contribution in [2.45, 2.75) is 30.8 Å². The highest BCUT2D eigenvalue weighted by Crippen LogP contribution is 2.26. The predicted molar refractivity (Wildman–Crippen MR) is 131 cm³/mol. The molecule has 0 saturated carbocycles. The lowest BCUT2D eigenvalue weighted by Gasteiger charge is -2.21. The van der Waals surface area contributed by atoms with Crippen LogP contribution in [-0.4, -0.2) is 37.7 Å². The summed E-state index contributed by atoms with van der Waals surface area (Å²) in [6, 6.07) is 13.8. The minimum Gasteiger partial charge on any atom is -0.497 e. The monoisotopic (exact) mass is 478 g/mol. The Balaban J connectivity index is 1.50. The zero-order chi connectivity index (χ0) is 24.2. The number of nitrogens with one attached hydrogen (secondary N) is 2. The van der Waals surface area contributed by atoms with E-state index in [2.05, 4.69) is 25.5 Å². The number of nitrogens with zero attached hydrogens (tertiary/aromatic N) is 4. The maximum absolute atomic E-state index is 12.8. The molecule has 4 rings (SSSR count). The number of H-pyrrole nitrogens is 1. The van der Waals surface area contributed by atoms with E-state index < -0.39 is 0 Å². The van der Waals surface area contributed by atoms with Crippen LogP contribution < -0.4 is 15.6 Å².